The van der Waals surface area contributed by atoms with E-state index in [-0.39, 0.29) is 5.91 Å². The lowest BCUT2D eigenvalue weighted by Gasteiger charge is -2.07. The van der Waals surface area contributed by atoms with Crippen molar-refractivity contribution in [2.24, 2.45) is 0 Å². The maximum atomic E-state index is 12.3. The molecule has 3 rings (SSSR count). The molecule has 0 saturated carbocycles. The Bertz CT molecular complexity index is 873. The first-order valence-electron chi connectivity index (χ1n) is 7.88. The number of aromatic amines is 1. The van der Waals surface area contributed by atoms with E-state index in [0.717, 1.165) is 34.3 Å². The summed E-state index contributed by atoms with van der Waals surface area (Å²) in [6, 6.07) is 9.44. The molecule has 6 heteroatoms. The minimum absolute atomic E-state index is 0.116. The summed E-state index contributed by atoms with van der Waals surface area (Å²) in [6.45, 7) is 8.23. The molecule has 124 valence electrons. The van der Waals surface area contributed by atoms with Crippen LogP contribution in [0.4, 0.5) is 0 Å². The number of nitrogens with one attached hydrogen (secondary N) is 2. The van der Waals surface area contributed by atoms with Gasteiger partial charge in [-0.2, -0.15) is 5.10 Å². The van der Waals surface area contributed by atoms with Gasteiger partial charge in [-0.1, -0.05) is 0 Å². The molecule has 0 aliphatic carbocycles. The minimum Gasteiger partial charge on any atom is -0.346 e. The van der Waals surface area contributed by atoms with Crippen LogP contribution in [0.2, 0.25) is 0 Å². The van der Waals surface area contributed by atoms with Crippen LogP contribution < -0.4 is 5.32 Å². The van der Waals surface area contributed by atoms with Crippen LogP contribution in [-0.4, -0.2) is 25.7 Å². The topological polar surface area (TPSA) is 75.6 Å². The number of rotatable bonds is 4. The van der Waals surface area contributed by atoms with Gasteiger partial charge in [-0.05, 0) is 58.0 Å². The molecule has 2 aromatic heterocycles. The lowest BCUT2D eigenvalue weighted by Crippen LogP contribution is -2.23. The number of hydrogen-bond donors (Lipinski definition) is 2. The molecular formula is C18H21N5O. The van der Waals surface area contributed by atoms with E-state index in [1.165, 1.54) is 0 Å². The maximum absolute atomic E-state index is 12.3. The predicted molar refractivity (Wildman–Crippen MR) is 92.3 cm³/mol. The monoisotopic (exact) mass is 323 g/mol. The van der Waals surface area contributed by atoms with Gasteiger partial charge in [0.25, 0.3) is 5.91 Å². The van der Waals surface area contributed by atoms with Crippen molar-refractivity contribution < 1.29 is 4.79 Å². The molecule has 0 unspecified atom stereocenters. The van der Waals surface area contributed by atoms with E-state index in [1.54, 1.807) is 0 Å². The predicted octanol–water partition coefficient (Wildman–Crippen LogP) is 2.76. The van der Waals surface area contributed by atoms with Gasteiger partial charge in [0.15, 0.2) is 0 Å². The van der Waals surface area contributed by atoms with Gasteiger partial charge in [0.2, 0.25) is 0 Å². The smallest absolute Gasteiger partial charge is 0.251 e. The third kappa shape index (κ3) is 3.22. The Morgan fingerprint density at radius 1 is 1.17 bits per heavy atom. The third-order valence-corrected chi connectivity index (χ3v) is 3.90. The fourth-order valence-corrected chi connectivity index (χ4v) is 2.74. The Balaban J connectivity index is 1.70. The number of carbonyl (C=O) groups is 1. The third-order valence-electron chi connectivity index (χ3n) is 3.90. The van der Waals surface area contributed by atoms with Crippen molar-refractivity contribution in [3.05, 3.63) is 64.5 Å². The van der Waals surface area contributed by atoms with Crippen LogP contribution in [0.3, 0.4) is 0 Å². The quantitative estimate of drug-likeness (QED) is 0.775. The van der Waals surface area contributed by atoms with Crippen molar-refractivity contribution >= 4 is 5.91 Å². The summed E-state index contributed by atoms with van der Waals surface area (Å²) in [5.74, 6) is 0.737. The molecule has 2 N–H and O–H groups in total. The van der Waals surface area contributed by atoms with Gasteiger partial charge in [-0.25, -0.2) is 9.67 Å². The van der Waals surface area contributed by atoms with Gasteiger partial charge in [0.05, 0.1) is 23.6 Å². The first-order chi connectivity index (χ1) is 11.4. The molecule has 6 nitrogen and oxygen atoms in total. The molecule has 24 heavy (non-hydrogen) atoms. The number of aromatic nitrogens is 4. The first kappa shape index (κ1) is 16.0. The first-order valence-corrected chi connectivity index (χ1v) is 7.88. The zero-order valence-corrected chi connectivity index (χ0v) is 14.3. The summed E-state index contributed by atoms with van der Waals surface area (Å²) in [4.78, 5) is 19.8. The maximum Gasteiger partial charge on any atom is 0.251 e. The second-order valence-corrected chi connectivity index (χ2v) is 5.96. The molecule has 1 amide bonds. The standard InChI is InChI=1S/C18H21N5O/c1-11-9-12(2)23(22-11)16-7-5-15(6-8-16)18(24)19-10-17-13(3)20-14(4)21-17/h5-9H,10H2,1-4H3,(H,19,24)(H,20,21). The lowest BCUT2D eigenvalue weighted by molar-refractivity contribution is 0.0950. The van der Waals surface area contributed by atoms with Crippen LogP contribution in [-0.2, 0) is 6.54 Å². The molecule has 3 aromatic rings. The number of amides is 1. The second-order valence-electron chi connectivity index (χ2n) is 5.96. The molecule has 1 aromatic carbocycles. The van der Waals surface area contributed by atoms with Crippen molar-refractivity contribution in [2.75, 3.05) is 0 Å². The Kier molecular flexibility index (Phi) is 4.20. The van der Waals surface area contributed by atoms with E-state index in [2.05, 4.69) is 20.4 Å². The van der Waals surface area contributed by atoms with Crippen LogP contribution in [0.25, 0.3) is 5.69 Å². The number of aryl methyl sites for hydroxylation is 4. The summed E-state index contributed by atoms with van der Waals surface area (Å²) in [5.41, 5.74) is 5.43. The number of H-pyrrole nitrogens is 1. The van der Waals surface area contributed by atoms with Crippen molar-refractivity contribution in [1.29, 1.82) is 0 Å². The molecule has 0 spiro atoms. The number of carbonyl (C=O) groups excluding carboxylic acids is 1. The molecule has 0 fully saturated rings. The highest BCUT2D eigenvalue weighted by molar-refractivity contribution is 5.94. The fourth-order valence-electron chi connectivity index (χ4n) is 2.74. The van der Waals surface area contributed by atoms with Gasteiger partial charge < -0.3 is 10.3 Å². The molecule has 0 saturated heterocycles. The zero-order valence-electron chi connectivity index (χ0n) is 14.3. The van der Waals surface area contributed by atoms with Crippen LogP contribution >= 0.6 is 0 Å². The average molecular weight is 323 g/mol. The van der Waals surface area contributed by atoms with Crippen molar-refractivity contribution in [3.63, 3.8) is 0 Å². The van der Waals surface area contributed by atoms with E-state index >= 15 is 0 Å². The highest BCUT2D eigenvalue weighted by atomic mass is 16.1. The highest BCUT2D eigenvalue weighted by Gasteiger charge is 2.10. The zero-order chi connectivity index (χ0) is 17.3. The van der Waals surface area contributed by atoms with Crippen molar-refractivity contribution in [2.45, 2.75) is 34.2 Å². The Labute approximate surface area is 140 Å². The largest absolute Gasteiger partial charge is 0.346 e. The Morgan fingerprint density at radius 3 is 2.42 bits per heavy atom. The molecule has 0 bridgehead atoms. The van der Waals surface area contributed by atoms with E-state index in [1.807, 2.05) is 62.7 Å². The summed E-state index contributed by atoms with van der Waals surface area (Å²) < 4.78 is 1.87. The number of benzene rings is 1. The SMILES string of the molecule is Cc1cc(C)n(-c2ccc(C(=O)NCc3nc(C)[nH]c3C)cc2)n1. The van der Waals surface area contributed by atoms with Gasteiger partial charge in [0.1, 0.15) is 5.82 Å². The van der Waals surface area contributed by atoms with Crippen LogP contribution in [0.5, 0.6) is 0 Å². The van der Waals surface area contributed by atoms with E-state index in [4.69, 9.17) is 0 Å². The molecule has 0 radical (unpaired) electrons. The Hall–Kier alpha value is -2.89. The van der Waals surface area contributed by atoms with Crippen LogP contribution in [0.15, 0.2) is 30.3 Å². The van der Waals surface area contributed by atoms with E-state index < -0.39 is 0 Å². The molecule has 2 heterocycles. The van der Waals surface area contributed by atoms with Crippen LogP contribution in [0, 0.1) is 27.7 Å². The van der Waals surface area contributed by atoms with Gasteiger partial charge in [0, 0.05) is 17.0 Å². The van der Waals surface area contributed by atoms with Gasteiger partial charge >= 0.3 is 0 Å². The molecule has 0 atom stereocenters. The minimum atomic E-state index is -0.116. The van der Waals surface area contributed by atoms with Crippen molar-refractivity contribution in [1.82, 2.24) is 25.1 Å². The summed E-state index contributed by atoms with van der Waals surface area (Å²) in [5, 5.41) is 7.35. The number of imidazole rings is 1. The number of nitrogens with zero attached hydrogens (tertiary/aromatic N) is 3. The average Bonchev–Trinajstić information content (AvgIpc) is 3.05. The Morgan fingerprint density at radius 2 is 1.88 bits per heavy atom. The van der Waals surface area contributed by atoms with E-state index in [0.29, 0.717) is 12.1 Å². The van der Waals surface area contributed by atoms with Crippen LogP contribution in [0.1, 0.15) is 39.0 Å². The molecular weight excluding hydrogens is 302 g/mol. The highest BCUT2D eigenvalue weighted by Crippen LogP contribution is 2.13. The summed E-state index contributed by atoms with van der Waals surface area (Å²) in [7, 11) is 0. The van der Waals surface area contributed by atoms with Gasteiger partial charge in [-0.15, -0.1) is 0 Å². The summed E-state index contributed by atoms with van der Waals surface area (Å²) >= 11 is 0. The second kappa shape index (κ2) is 6.31. The van der Waals surface area contributed by atoms with E-state index in [9.17, 15) is 4.79 Å². The molecule has 0 aliphatic rings. The fraction of sp³-hybridized carbons (Fsp3) is 0.278. The number of hydrogen-bond acceptors (Lipinski definition) is 3. The normalized spacial score (nSPS) is 10.8. The van der Waals surface area contributed by atoms with Crippen molar-refractivity contribution in [3.8, 4) is 5.69 Å². The lowest BCUT2D eigenvalue weighted by atomic mass is 10.2. The molecule has 0 aliphatic heterocycles. The summed E-state index contributed by atoms with van der Waals surface area (Å²) in [6.07, 6.45) is 0. The van der Waals surface area contributed by atoms with Gasteiger partial charge in [-0.3, -0.25) is 4.79 Å².